The molecule has 0 fully saturated rings. The van der Waals surface area contributed by atoms with E-state index in [-0.39, 0.29) is 43.8 Å². The molecule has 4 amide bonds. The van der Waals surface area contributed by atoms with Crippen molar-refractivity contribution >= 4 is 35.0 Å². The van der Waals surface area contributed by atoms with Crippen molar-refractivity contribution in [1.82, 2.24) is 15.1 Å². The van der Waals surface area contributed by atoms with Gasteiger partial charge in [0.15, 0.2) is 0 Å². The summed E-state index contributed by atoms with van der Waals surface area (Å²) in [6, 6.07) is 32.0. The number of hydrogen-bond acceptors (Lipinski definition) is 6. The highest BCUT2D eigenvalue weighted by molar-refractivity contribution is 6.01. The van der Waals surface area contributed by atoms with Crippen molar-refractivity contribution in [3.8, 4) is 0 Å². The number of nitrogens with zero attached hydrogens (tertiary/aromatic N) is 4. The molecule has 1 heterocycles. The first-order valence-corrected chi connectivity index (χ1v) is 17.4. The Morgan fingerprint density at radius 2 is 1.57 bits per heavy atom. The van der Waals surface area contributed by atoms with Crippen molar-refractivity contribution in [3.05, 3.63) is 131 Å². The Labute approximate surface area is 300 Å². The number of hydrogen-bond donors (Lipinski definition) is 2. The second kappa shape index (κ2) is 16.8. The van der Waals surface area contributed by atoms with Crippen molar-refractivity contribution in [3.63, 3.8) is 0 Å². The summed E-state index contributed by atoms with van der Waals surface area (Å²) in [6.45, 7) is 5.93. The molecular weight excluding hydrogens is 640 g/mol. The molecule has 2 atom stereocenters. The van der Waals surface area contributed by atoms with Crippen LogP contribution in [0.3, 0.4) is 0 Å². The molecule has 51 heavy (non-hydrogen) atoms. The molecule has 10 heteroatoms. The molecule has 1 aliphatic heterocycles. The van der Waals surface area contributed by atoms with E-state index in [1.807, 2.05) is 91.8 Å². The van der Waals surface area contributed by atoms with Crippen molar-refractivity contribution in [2.45, 2.75) is 38.8 Å². The number of nitrogens with one attached hydrogen (secondary N) is 1. The summed E-state index contributed by atoms with van der Waals surface area (Å²) in [6.07, 6.45) is -0.0589. The van der Waals surface area contributed by atoms with Crippen LogP contribution in [0.15, 0.2) is 103 Å². The first-order valence-electron chi connectivity index (χ1n) is 17.4. The quantitative estimate of drug-likeness (QED) is 0.184. The maximum atomic E-state index is 14.4. The summed E-state index contributed by atoms with van der Waals surface area (Å²) in [7, 11) is 3.90. The maximum Gasteiger partial charge on any atom is 0.254 e. The third-order valence-electron chi connectivity index (χ3n) is 9.38. The van der Waals surface area contributed by atoms with Gasteiger partial charge in [0, 0.05) is 70.2 Å². The summed E-state index contributed by atoms with van der Waals surface area (Å²) >= 11 is 0. The van der Waals surface area contributed by atoms with Crippen molar-refractivity contribution < 1.29 is 19.2 Å². The monoisotopic (exact) mass is 688 g/mol. The molecule has 5 rings (SSSR count). The van der Waals surface area contributed by atoms with E-state index in [2.05, 4.69) is 42.3 Å². The molecule has 4 aromatic carbocycles. The molecule has 10 nitrogen and oxygen atoms in total. The zero-order chi connectivity index (χ0) is 36.5. The van der Waals surface area contributed by atoms with Crippen LogP contribution in [0.5, 0.6) is 0 Å². The van der Waals surface area contributed by atoms with E-state index in [0.29, 0.717) is 24.2 Å². The lowest BCUT2D eigenvalue weighted by molar-refractivity contribution is -0.136. The number of likely N-dealkylation sites (N-methyl/N-ethyl adjacent to an activating group) is 1. The van der Waals surface area contributed by atoms with Gasteiger partial charge in [-0.3, -0.25) is 19.2 Å². The van der Waals surface area contributed by atoms with Gasteiger partial charge >= 0.3 is 0 Å². The minimum absolute atomic E-state index is 0.0386. The fourth-order valence-corrected chi connectivity index (χ4v) is 6.78. The summed E-state index contributed by atoms with van der Waals surface area (Å²) in [5.74, 6) is -2.14. The number of carbonyl (C=O) groups is 4. The predicted octanol–water partition coefficient (Wildman–Crippen LogP) is 4.89. The third kappa shape index (κ3) is 8.94. The lowest BCUT2D eigenvalue weighted by Crippen LogP contribution is -2.49. The largest absolute Gasteiger partial charge is 0.378 e. The van der Waals surface area contributed by atoms with Gasteiger partial charge in [-0.05, 0) is 66.4 Å². The fourth-order valence-electron chi connectivity index (χ4n) is 6.78. The zero-order valence-corrected chi connectivity index (χ0v) is 29.9. The molecule has 0 aromatic heterocycles. The van der Waals surface area contributed by atoms with E-state index in [0.717, 1.165) is 34.6 Å². The highest BCUT2D eigenvalue weighted by atomic mass is 16.2. The summed E-state index contributed by atoms with van der Waals surface area (Å²) < 4.78 is 0. The fraction of sp³-hybridized carbons (Fsp3) is 0.317. The molecule has 0 radical (unpaired) electrons. The van der Waals surface area contributed by atoms with Crippen LogP contribution in [0.2, 0.25) is 0 Å². The summed E-state index contributed by atoms with van der Waals surface area (Å²) in [4.78, 5) is 61.7. The van der Waals surface area contributed by atoms with E-state index >= 15 is 0 Å². The van der Waals surface area contributed by atoms with Crippen LogP contribution in [0, 0.1) is 6.92 Å². The lowest BCUT2D eigenvalue weighted by Gasteiger charge is -2.42. The second-order valence-corrected chi connectivity index (χ2v) is 13.2. The number of anilines is 2. The lowest BCUT2D eigenvalue weighted by atomic mass is 9.79. The Morgan fingerprint density at radius 1 is 0.863 bits per heavy atom. The van der Waals surface area contributed by atoms with Gasteiger partial charge < -0.3 is 30.7 Å². The van der Waals surface area contributed by atoms with E-state index < -0.39 is 17.9 Å². The van der Waals surface area contributed by atoms with Gasteiger partial charge in [0.2, 0.25) is 17.7 Å². The molecule has 0 bridgehead atoms. The highest BCUT2D eigenvalue weighted by Gasteiger charge is 2.44. The normalized spacial score (nSPS) is 15.1. The van der Waals surface area contributed by atoms with Crippen LogP contribution < -0.4 is 20.9 Å². The minimum Gasteiger partial charge on any atom is -0.378 e. The molecule has 266 valence electrons. The van der Waals surface area contributed by atoms with E-state index in [4.69, 9.17) is 5.73 Å². The molecule has 3 N–H and O–H groups in total. The SMILES string of the molecule is CCN(CCNC(=O)C1c2ccccc2C(=O)N(CCC(=O)N(CC(N)=O)Cc2ccccc2)C1c1ccc(N(C)C)cc1)c1cccc(C)c1. The number of rotatable bonds is 15. The highest BCUT2D eigenvalue weighted by Crippen LogP contribution is 2.43. The van der Waals surface area contributed by atoms with Crippen LogP contribution in [0.25, 0.3) is 0 Å². The number of nitrogens with two attached hydrogens (primary N) is 1. The second-order valence-electron chi connectivity index (χ2n) is 13.2. The number of carbonyl (C=O) groups excluding carboxylic acids is 4. The minimum atomic E-state index is -0.737. The predicted molar refractivity (Wildman–Crippen MR) is 201 cm³/mol. The van der Waals surface area contributed by atoms with Gasteiger partial charge in [-0.1, -0.05) is 72.8 Å². The zero-order valence-electron chi connectivity index (χ0n) is 29.9. The van der Waals surface area contributed by atoms with Gasteiger partial charge in [-0.2, -0.15) is 0 Å². The molecule has 1 aliphatic rings. The standard InChI is InChI=1S/C41H48N6O4/c1-5-45(33-15-11-12-29(2)26-33)25-23-43-40(50)38-34-16-9-10-17-35(34)41(51)47(39(38)31-18-20-32(21-19-31)44(3)4)24-22-37(49)46(28-36(42)48)27-30-13-7-6-8-14-30/h6-21,26,38-39H,5,22-25,27-28H2,1-4H3,(H2,42,48)(H,43,50). The van der Waals surface area contributed by atoms with Gasteiger partial charge in [-0.25, -0.2) is 0 Å². The van der Waals surface area contributed by atoms with E-state index in [1.54, 1.807) is 17.0 Å². The van der Waals surface area contributed by atoms with Gasteiger partial charge in [0.25, 0.3) is 5.91 Å². The van der Waals surface area contributed by atoms with Crippen molar-refractivity contribution in [1.29, 1.82) is 0 Å². The maximum absolute atomic E-state index is 14.4. The molecule has 4 aromatic rings. The molecule has 0 spiro atoms. The van der Waals surface area contributed by atoms with Crippen LogP contribution in [0.1, 0.15) is 57.9 Å². The number of primary amides is 1. The molecule has 0 saturated heterocycles. The number of amides is 4. The number of benzene rings is 4. The Balaban J connectivity index is 1.45. The van der Waals surface area contributed by atoms with Crippen molar-refractivity contribution in [2.24, 2.45) is 5.73 Å². The Bertz CT molecular complexity index is 1830. The molecular formula is C41H48N6O4. The van der Waals surface area contributed by atoms with Crippen molar-refractivity contribution in [2.75, 3.05) is 56.6 Å². The first-order chi connectivity index (χ1) is 24.6. The van der Waals surface area contributed by atoms with Gasteiger partial charge in [-0.15, -0.1) is 0 Å². The summed E-state index contributed by atoms with van der Waals surface area (Å²) in [5.41, 5.74) is 11.5. The summed E-state index contributed by atoms with van der Waals surface area (Å²) in [5, 5.41) is 3.19. The van der Waals surface area contributed by atoms with Gasteiger partial charge in [0.05, 0.1) is 18.5 Å². The Hall–Kier alpha value is -5.64. The Kier molecular flexibility index (Phi) is 12.1. The first kappa shape index (κ1) is 36.6. The average molecular weight is 689 g/mol. The smallest absolute Gasteiger partial charge is 0.254 e. The number of fused-ring (bicyclic) bond motifs is 1. The average Bonchev–Trinajstić information content (AvgIpc) is 3.12. The van der Waals surface area contributed by atoms with Gasteiger partial charge in [0.1, 0.15) is 0 Å². The van der Waals surface area contributed by atoms with Crippen LogP contribution in [-0.2, 0) is 20.9 Å². The van der Waals surface area contributed by atoms with Crippen LogP contribution in [0.4, 0.5) is 11.4 Å². The number of aryl methyl sites for hydroxylation is 1. The van der Waals surface area contributed by atoms with E-state index in [9.17, 15) is 19.2 Å². The Morgan fingerprint density at radius 3 is 2.24 bits per heavy atom. The van der Waals surface area contributed by atoms with E-state index in [1.165, 1.54) is 4.90 Å². The molecule has 2 unspecified atom stereocenters. The third-order valence-corrected chi connectivity index (χ3v) is 9.38. The van der Waals surface area contributed by atoms with Crippen LogP contribution >= 0.6 is 0 Å². The topological polar surface area (TPSA) is 119 Å². The molecule has 0 saturated carbocycles. The van der Waals surface area contributed by atoms with Crippen LogP contribution in [-0.4, -0.2) is 80.2 Å². The molecule has 0 aliphatic carbocycles.